The number of nitrogen functional groups attached to an aromatic ring is 1. The average Bonchev–Trinajstić information content (AvgIpc) is 2.28. The van der Waals surface area contributed by atoms with Crippen molar-refractivity contribution in [2.45, 2.75) is 12.6 Å². The van der Waals surface area contributed by atoms with Gasteiger partial charge in [-0.25, -0.2) is 5.84 Å². The quantitative estimate of drug-likeness (QED) is 0.444. The molecule has 0 atom stereocenters. The summed E-state index contributed by atoms with van der Waals surface area (Å²) in [7, 11) is 1.39. The van der Waals surface area contributed by atoms with E-state index < -0.39 is 18.5 Å². The summed E-state index contributed by atoms with van der Waals surface area (Å²) in [5.74, 6) is 4.84. The normalized spacial score (nSPS) is 12.3. The Kier molecular flexibility index (Phi) is 4.61. The van der Waals surface area contributed by atoms with E-state index in [4.69, 9.17) is 17.3 Å². The van der Waals surface area contributed by atoms with Gasteiger partial charge in [-0.05, 0) is 18.2 Å². The summed E-state index contributed by atoms with van der Waals surface area (Å²) in [6, 6.07) is 4.07. The van der Waals surface area contributed by atoms with E-state index in [0.717, 1.165) is 11.1 Å². The van der Waals surface area contributed by atoms with E-state index in [1.165, 1.54) is 25.2 Å². The molecule has 0 aromatic heterocycles. The monoisotopic (exact) mass is 288 g/mol. The van der Waals surface area contributed by atoms with Gasteiger partial charge in [0.05, 0.1) is 12.1 Å². The first kappa shape index (κ1) is 15.8. The van der Waals surface area contributed by atoms with E-state index in [-0.39, 0.29) is 16.9 Å². The van der Waals surface area contributed by atoms with E-state index in [2.05, 4.69) is 0 Å². The maximum Gasteiger partial charge on any atom is 0.392 e. The molecule has 8 heteroatoms. The number of alkyl halides is 3. The number of hydrogen-bond donors (Lipinski definition) is 3. The molecule has 20 heavy (non-hydrogen) atoms. The zero-order chi connectivity index (χ0) is 15.5. The molecule has 5 nitrogen and oxygen atoms in total. The van der Waals surface area contributed by atoms with Gasteiger partial charge in [-0.3, -0.25) is 4.79 Å². The Morgan fingerprint density at radius 3 is 2.40 bits per heavy atom. The molecular weight excluding hydrogens is 273 g/mol. The number of allylic oxidation sites excluding steroid dienone is 1. The Morgan fingerprint density at radius 1 is 1.40 bits per heavy atom. The highest BCUT2D eigenvalue weighted by atomic mass is 19.4. The smallest absolute Gasteiger partial charge is 0.392 e. The van der Waals surface area contributed by atoms with Crippen molar-refractivity contribution in [1.82, 2.24) is 5.01 Å². The number of amides is 1. The summed E-state index contributed by atoms with van der Waals surface area (Å²) >= 11 is 0. The van der Waals surface area contributed by atoms with E-state index >= 15 is 0 Å². The van der Waals surface area contributed by atoms with Gasteiger partial charge < -0.3 is 16.5 Å². The Morgan fingerprint density at radius 2 is 2.00 bits per heavy atom. The Balaban J connectivity index is 3.20. The van der Waals surface area contributed by atoms with Gasteiger partial charge in [-0.15, -0.1) is 0 Å². The molecule has 0 aliphatic carbocycles. The first-order valence-corrected chi connectivity index (χ1v) is 5.57. The molecule has 0 bridgehead atoms. The highest BCUT2D eigenvalue weighted by Crippen LogP contribution is 2.27. The lowest BCUT2D eigenvalue weighted by atomic mass is 10.0. The van der Waals surface area contributed by atoms with E-state index in [1.54, 1.807) is 0 Å². The van der Waals surface area contributed by atoms with Crippen LogP contribution in [0.4, 0.5) is 18.9 Å². The number of nitrogens with two attached hydrogens (primary N) is 3. The number of hydrazine groups is 1. The van der Waals surface area contributed by atoms with Crippen LogP contribution in [-0.2, 0) is 0 Å². The standard InChI is InChI=1S/C12H15F3N4O/c1-19(18)10(4-5-12(13,14)15)8-3-2-7(11(17)20)6-9(8)16/h2-4,6H,5,16,18H2,1H3,(H2,17,20)/b10-4-. The predicted molar refractivity (Wildman–Crippen MR) is 70.0 cm³/mol. The van der Waals surface area contributed by atoms with E-state index in [9.17, 15) is 18.0 Å². The van der Waals surface area contributed by atoms with Crippen LogP contribution in [0.15, 0.2) is 24.3 Å². The first-order chi connectivity index (χ1) is 9.11. The predicted octanol–water partition coefficient (Wildman–Crippen LogP) is 1.47. The van der Waals surface area contributed by atoms with Crippen LogP contribution in [-0.4, -0.2) is 24.1 Å². The fraction of sp³-hybridized carbons (Fsp3) is 0.250. The molecule has 1 aromatic rings. The Bertz CT molecular complexity index is 538. The van der Waals surface area contributed by atoms with Gasteiger partial charge in [0, 0.05) is 23.9 Å². The lowest BCUT2D eigenvalue weighted by molar-refractivity contribution is -0.125. The Hall–Kier alpha value is -2.22. The van der Waals surface area contributed by atoms with Crippen LogP contribution in [0, 0.1) is 0 Å². The molecule has 0 aliphatic rings. The molecule has 6 N–H and O–H groups in total. The zero-order valence-corrected chi connectivity index (χ0v) is 10.7. The average molecular weight is 288 g/mol. The maximum absolute atomic E-state index is 12.3. The summed E-state index contributed by atoms with van der Waals surface area (Å²) in [5, 5.41) is 1.03. The molecule has 0 saturated heterocycles. The summed E-state index contributed by atoms with van der Waals surface area (Å²) in [6.07, 6.45) is -4.56. The van der Waals surface area contributed by atoms with Gasteiger partial charge in [-0.1, -0.05) is 6.08 Å². The third-order valence-corrected chi connectivity index (χ3v) is 2.52. The van der Waals surface area contributed by atoms with Crippen molar-refractivity contribution >= 4 is 17.3 Å². The van der Waals surface area contributed by atoms with Crippen molar-refractivity contribution in [3.05, 3.63) is 35.4 Å². The molecule has 0 unspecified atom stereocenters. The SMILES string of the molecule is CN(N)/C(=C\CC(F)(F)F)c1ccc(C(N)=O)cc1N. The highest BCUT2D eigenvalue weighted by molar-refractivity contribution is 5.94. The summed E-state index contributed by atoms with van der Waals surface area (Å²) < 4.78 is 36.8. The molecule has 0 radical (unpaired) electrons. The minimum atomic E-state index is -4.34. The molecule has 0 aliphatic heterocycles. The van der Waals surface area contributed by atoms with E-state index in [0.29, 0.717) is 5.56 Å². The third-order valence-electron chi connectivity index (χ3n) is 2.52. The van der Waals surface area contributed by atoms with Gasteiger partial charge in [0.15, 0.2) is 0 Å². The van der Waals surface area contributed by atoms with Gasteiger partial charge >= 0.3 is 6.18 Å². The lowest BCUT2D eigenvalue weighted by Crippen LogP contribution is -2.25. The van der Waals surface area contributed by atoms with Crippen LogP contribution in [0.3, 0.4) is 0 Å². The van der Waals surface area contributed by atoms with Crippen LogP contribution in [0.2, 0.25) is 0 Å². The first-order valence-electron chi connectivity index (χ1n) is 5.57. The summed E-state index contributed by atoms with van der Waals surface area (Å²) in [5.41, 5.74) is 11.5. The van der Waals surface area contributed by atoms with Crippen LogP contribution >= 0.6 is 0 Å². The van der Waals surface area contributed by atoms with Crippen molar-refractivity contribution in [3.8, 4) is 0 Å². The molecule has 0 fully saturated rings. The second-order valence-corrected chi connectivity index (χ2v) is 4.19. The number of carbonyl (C=O) groups is 1. The van der Waals surface area contributed by atoms with Crippen LogP contribution in [0.5, 0.6) is 0 Å². The van der Waals surface area contributed by atoms with Gasteiger partial charge in [0.2, 0.25) is 5.91 Å². The Labute approximate surface area is 113 Å². The topological polar surface area (TPSA) is 98.4 Å². The van der Waals surface area contributed by atoms with Gasteiger partial charge in [-0.2, -0.15) is 13.2 Å². The summed E-state index contributed by atoms with van der Waals surface area (Å²) in [4.78, 5) is 11.0. The van der Waals surface area contributed by atoms with Crippen LogP contribution in [0.25, 0.3) is 5.70 Å². The van der Waals surface area contributed by atoms with Gasteiger partial charge in [0.25, 0.3) is 0 Å². The van der Waals surface area contributed by atoms with Crippen molar-refractivity contribution in [2.75, 3.05) is 12.8 Å². The minimum Gasteiger partial charge on any atom is -0.398 e. The number of primary amides is 1. The minimum absolute atomic E-state index is 0.107. The number of carbonyl (C=O) groups excluding carboxylic acids is 1. The molecule has 0 saturated carbocycles. The molecule has 110 valence electrons. The molecule has 1 rings (SSSR count). The number of halogens is 3. The summed E-state index contributed by atoms with van der Waals surface area (Å²) in [6.45, 7) is 0. The van der Waals surface area contributed by atoms with Crippen molar-refractivity contribution in [2.24, 2.45) is 11.6 Å². The number of rotatable bonds is 4. The fourth-order valence-electron chi connectivity index (χ4n) is 1.61. The number of nitrogens with zero attached hydrogens (tertiary/aromatic N) is 1. The van der Waals surface area contributed by atoms with Crippen molar-refractivity contribution in [1.29, 1.82) is 0 Å². The van der Waals surface area contributed by atoms with Crippen molar-refractivity contribution < 1.29 is 18.0 Å². The third kappa shape index (κ3) is 4.16. The number of benzene rings is 1. The van der Waals surface area contributed by atoms with E-state index in [1.807, 2.05) is 0 Å². The molecule has 1 amide bonds. The molecular formula is C12H15F3N4O. The van der Waals surface area contributed by atoms with Crippen LogP contribution < -0.4 is 17.3 Å². The van der Waals surface area contributed by atoms with Crippen LogP contribution in [0.1, 0.15) is 22.3 Å². The number of anilines is 1. The second kappa shape index (κ2) is 5.83. The lowest BCUT2D eigenvalue weighted by Gasteiger charge is -2.19. The molecule has 0 heterocycles. The maximum atomic E-state index is 12.3. The van der Waals surface area contributed by atoms with Crippen molar-refractivity contribution in [3.63, 3.8) is 0 Å². The highest BCUT2D eigenvalue weighted by Gasteiger charge is 2.26. The molecule has 0 spiro atoms. The van der Waals surface area contributed by atoms with Gasteiger partial charge in [0.1, 0.15) is 0 Å². The zero-order valence-electron chi connectivity index (χ0n) is 10.7. The largest absolute Gasteiger partial charge is 0.398 e. The number of hydrogen-bond acceptors (Lipinski definition) is 4. The second-order valence-electron chi connectivity index (χ2n) is 4.19. The molecule has 1 aromatic carbocycles. The fourth-order valence-corrected chi connectivity index (χ4v) is 1.61.